The molecule has 0 spiro atoms. The lowest BCUT2D eigenvalue weighted by atomic mass is 9.92. The molecule has 26 heavy (non-hydrogen) atoms. The van der Waals surface area contributed by atoms with Gasteiger partial charge in [-0.05, 0) is 31.9 Å². The Balaban J connectivity index is 1.83. The van der Waals surface area contributed by atoms with E-state index >= 15 is 0 Å². The number of aromatic nitrogens is 4. The van der Waals surface area contributed by atoms with E-state index in [1.54, 1.807) is 16.8 Å². The fraction of sp³-hybridized carbons (Fsp3) is 0.579. The zero-order valence-corrected chi connectivity index (χ0v) is 16.2. The van der Waals surface area contributed by atoms with E-state index in [2.05, 4.69) is 31.0 Å². The average molecular weight is 357 g/mol. The van der Waals surface area contributed by atoms with Crippen molar-refractivity contribution in [3.63, 3.8) is 0 Å². The molecular formula is C19H27N5O2. The minimum Gasteiger partial charge on any atom is -0.332 e. The van der Waals surface area contributed by atoms with Gasteiger partial charge in [0, 0.05) is 30.8 Å². The predicted molar refractivity (Wildman–Crippen MR) is 99.2 cm³/mol. The van der Waals surface area contributed by atoms with Gasteiger partial charge in [-0.3, -0.25) is 14.3 Å². The van der Waals surface area contributed by atoms with Crippen molar-refractivity contribution >= 4 is 5.91 Å². The van der Waals surface area contributed by atoms with Gasteiger partial charge in [-0.1, -0.05) is 20.8 Å². The Morgan fingerprint density at radius 3 is 2.62 bits per heavy atom. The number of amides is 1. The highest BCUT2D eigenvalue weighted by atomic mass is 16.2. The fourth-order valence-corrected chi connectivity index (χ4v) is 3.28. The van der Waals surface area contributed by atoms with Gasteiger partial charge in [-0.25, -0.2) is 4.68 Å². The van der Waals surface area contributed by atoms with Crippen molar-refractivity contribution in [2.24, 2.45) is 7.05 Å². The van der Waals surface area contributed by atoms with Crippen LogP contribution in [0.15, 0.2) is 23.0 Å². The molecule has 0 aromatic carbocycles. The first-order chi connectivity index (χ1) is 12.2. The molecule has 1 fully saturated rings. The van der Waals surface area contributed by atoms with Crippen molar-refractivity contribution in [3.05, 3.63) is 45.6 Å². The third-order valence-corrected chi connectivity index (χ3v) is 4.99. The van der Waals surface area contributed by atoms with Crippen LogP contribution in [0.5, 0.6) is 0 Å². The van der Waals surface area contributed by atoms with Crippen LogP contribution in [-0.4, -0.2) is 43.0 Å². The van der Waals surface area contributed by atoms with Gasteiger partial charge in [0.15, 0.2) is 5.69 Å². The van der Waals surface area contributed by atoms with Crippen LogP contribution in [-0.2, 0) is 19.0 Å². The zero-order chi connectivity index (χ0) is 19.1. The molecule has 3 rings (SSSR count). The number of likely N-dealkylation sites (tertiary alicyclic amines) is 1. The van der Waals surface area contributed by atoms with Gasteiger partial charge in [0.25, 0.3) is 11.5 Å². The van der Waals surface area contributed by atoms with Crippen LogP contribution < -0.4 is 5.56 Å². The van der Waals surface area contributed by atoms with Crippen LogP contribution in [0.3, 0.4) is 0 Å². The Bertz CT molecular complexity index is 855. The molecule has 3 heterocycles. The van der Waals surface area contributed by atoms with E-state index in [0.29, 0.717) is 18.8 Å². The summed E-state index contributed by atoms with van der Waals surface area (Å²) in [7, 11) is 1.83. The van der Waals surface area contributed by atoms with Gasteiger partial charge >= 0.3 is 0 Å². The van der Waals surface area contributed by atoms with Gasteiger partial charge in [0.2, 0.25) is 0 Å². The third kappa shape index (κ3) is 3.57. The van der Waals surface area contributed by atoms with E-state index in [0.717, 1.165) is 24.2 Å². The number of hydrogen-bond donors (Lipinski definition) is 0. The van der Waals surface area contributed by atoms with E-state index in [-0.39, 0.29) is 22.9 Å². The summed E-state index contributed by atoms with van der Waals surface area (Å²) < 4.78 is 3.21. The van der Waals surface area contributed by atoms with Crippen LogP contribution >= 0.6 is 0 Å². The topological polar surface area (TPSA) is 73.0 Å². The summed E-state index contributed by atoms with van der Waals surface area (Å²) >= 11 is 0. The van der Waals surface area contributed by atoms with Crippen molar-refractivity contribution in [1.82, 2.24) is 24.5 Å². The fourth-order valence-electron chi connectivity index (χ4n) is 3.28. The molecule has 1 aliphatic heterocycles. The highest BCUT2D eigenvalue weighted by Gasteiger charge is 2.31. The molecule has 0 saturated carbocycles. The smallest absolute Gasteiger partial charge is 0.274 e. The minimum atomic E-state index is -0.133. The number of carbonyl (C=O) groups excluding carboxylic acids is 1. The van der Waals surface area contributed by atoms with Gasteiger partial charge in [-0.2, -0.15) is 10.2 Å². The molecule has 1 unspecified atom stereocenters. The van der Waals surface area contributed by atoms with Crippen molar-refractivity contribution in [2.45, 2.75) is 58.5 Å². The van der Waals surface area contributed by atoms with Crippen LogP contribution in [0.2, 0.25) is 0 Å². The molecule has 0 bridgehead atoms. The SMILES string of the molecule is Cc1cc(C(=O)N2CCCC2Cn2nc(C(C)(C)C)ccc2=O)nn1C. The highest BCUT2D eigenvalue weighted by molar-refractivity contribution is 5.92. The summed E-state index contributed by atoms with van der Waals surface area (Å²) in [6, 6.07) is 5.12. The van der Waals surface area contributed by atoms with Crippen molar-refractivity contribution in [3.8, 4) is 0 Å². The van der Waals surface area contributed by atoms with Crippen LogP contribution in [0.25, 0.3) is 0 Å². The Labute approximate surface area is 153 Å². The lowest BCUT2D eigenvalue weighted by Crippen LogP contribution is -2.41. The molecule has 1 saturated heterocycles. The summed E-state index contributed by atoms with van der Waals surface area (Å²) in [6.45, 7) is 9.23. The first kappa shape index (κ1) is 18.4. The van der Waals surface area contributed by atoms with E-state index < -0.39 is 0 Å². The van der Waals surface area contributed by atoms with E-state index in [4.69, 9.17) is 0 Å². The summed E-state index contributed by atoms with van der Waals surface area (Å²) in [4.78, 5) is 27.0. The molecule has 7 heteroatoms. The molecule has 2 aromatic heterocycles. The largest absolute Gasteiger partial charge is 0.332 e. The minimum absolute atomic E-state index is 0.0368. The lowest BCUT2D eigenvalue weighted by molar-refractivity contribution is 0.0713. The summed E-state index contributed by atoms with van der Waals surface area (Å²) in [5.41, 5.74) is 2.01. The Morgan fingerprint density at radius 2 is 2.00 bits per heavy atom. The van der Waals surface area contributed by atoms with Gasteiger partial charge in [0.1, 0.15) is 0 Å². The molecular weight excluding hydrogens is 330 g/mol. The second-order valence-corrected chi connectivity index (χ2v) is 8.08. The quantitative estimate of drug-likeness (QED) is 0.841. The third-order valence-electron chi connectivity index (χ3n) is 4.99. The first-order valence-corrected chi connectivity index (χ1v) is 9.07. The Hall–Kier alpha value is -2.44. The van der Waals surface area contributed by atoms with Crippen molar-refractivity contribution in [2.75, 3.05) is 6.54 Å². The van der Waals surface area contributed by atoms with Crippen molar-refractivity contribution < 1.29 is 4.79 Å². The summed E-state index contributed by atoms with van der Waals surface area (Å²) in [5, 5.41) is 8.84. The average Bonchev–Trinajstić information content (AvgIpc) is 3.15. The number of rotatable bonds is 3. The van der Waals surface area contributed by atoms with Gasteiger partial charge < -0.3 is 4.90 Å². The molecule has 2 aromatic rings. The maximum atomic E-state index is 12.9. The molecule has 0 aliphatic carbocycles. The normalized spacial score (nSPS) is 17.7. The zero-order valence-electron chi connectivity index (χ0n) is 16.2. The highest BCUT2D eigenvalue weighted by Crippen LogP contribution is 2.22. The van der Waals surface area contributed by atoms with Gasteiger partial charge in [0.05, 0.1) is 18.3 Å². The second kappa shape index (κ2) is 6.70. The molecule has 1 aliphatic rings. The maximum Gasteiger partial charge on any atom is 0.274 e. The van der Waals surface area contributed by atoms with E-state index in [1.165, 1.54) is 4.68 Å². The van der Waals surface area contributed by atoms with Crippen LogP contribution in [0.4, 0.5) is 0 Å². The standard InChI is InChI=1S/C19H27N5O2/c1-13-11-15(20-22(13)5)18(26)23-10-6-7-14(23)12-24-17(25)9-8-16(21-24)19(2,3)4/h8-9,11,14H,6-7,10,12H2,1-5H3. The molecule has 1 amide bonds. The Morgan fingerprint density at radius 1 is 1.27 bits per heavy atom. The predicted octanol–water partition coefficient (Wildman–Crippen LogP) is 1.89. The number of hydrogen-bond acceptors (Lipinski definition) is 4. The van der Waals surface area contributed by atoms with Crippen LogP contribution in [0, 0.1) is 6.92 Å². The number of nitrogens with zero attached hydrogens (tertiary/aromatic N) is 5. The van der Waals surface area contributed by atoms with E-state index in [9.17, 15) is 9.59 Å². The second-order valence-electron chi connectivity index (χ2n) is 8.08. The Kier molecular flexibility index (Phi) is 4.73. The monoisotopic (exact) mass is 357 g/mol. The van der Waals surface area contributed by atoms with E-state index in [1.807, 2.05) is 24.9 Å². The molecule has 140 valence electrons. The summed E-state index contributed by atoms with van der Waals surface area (Å²) in [5.74, 6) is -0.0729. The molecule has 0 radical (unpaired) electrons. The number of aryl methyl sites for hydroxylation is 2. The van der Waals surface area contributed by atoms with Crippen molar-refractivity contribution in [1.29, 1.82) is 0 Å². The maximum absolute atomic E-state index is 12.9. The summed E-state index contributed by atoms with van der Waals surface area (Å²) in [6.07, 6.45) is 1.79. The van der Waals surface area contributed by atoms with Crippen LogP contribution in [0.1, 0.15) is 55.5 Å². The molecule has 0 N–H and O–H groups in total. The van der Waals surface area contributed by atoms with Gasteiger partial charge in [-0.15, -0.1) is 0 Å². The lowest BCUT2D eigenvalue weighted by Gasteiger charge is -2.25. The molecule has 7 nitrogen and oxygen atoms in total. The number of carbonyl (C=O) groups is 1. The first-order valence-electron chi connectivity index (χ1n) is 9.07. The molecule has 1 atom stereocenters.